The van der Waals surface area contributed by atoms with Gasteiger partial charge in [0.15, 0.2) is 11.3 Å². The molecule has 0 bridgehead atoms. The van der Waals surface area contributed by atoms with Crippen LogP contribution in [-0.4, -0.2) is 52.5 Å². The van der Waals surface area contributed by atoms with Crippen LogP contribution in [-0.2, 0) is 9.47 Å². The summed E-state index contributed by atoms with van der Waals surface area (Å²) >= 11 is 3.45. The van der Waals surface area contributed by atoms with Crippen LogP contribution in [0, 0.1) is 0 Å². The maximum Gasteiger partial charge on any atom is 0.420 e. The predicted octanol–water partition coefficient (Wildman–Crippen LogP) is 12.5. The molecule has 10 aromatic rings. The fourth-order valence-electron chi connectivity index (χ4n) is 7.27. The Balaban J connectivity index is 0.966. The molecule has 6 aromatic heterocycles. The smallest absolute Gasteiger partial charge is 0.420 e. The first-order chi connectivity index (χ1) is 27.8. The number of hydrogen-bond acceptors (Lipinski definition) is 10. The number of thiophene rings is 2. The Kier molecular flexibility index (Phi) is 8.05. The fourth-order valence-corrected chi connectivity index (χ4v) is 9.37. The van der Waals surface area contributed by atoms with Crippen molar-refractivity contribution >= 4 is 101 Å². The molecule has 0 atom stereocenters. The highest BCUT2D eigenvalue weighted by molar-refractivity contribution is 7.25. The monoisotopic (exact) mass is 800 g/mol. The van der Waals surface area contributed by atoms with E-state index in [1.807, 2.05) is 102 Å². The lowest BCUT2D eigenvalue weighted by Crippen LogP contribution is -2.27. The molecule has 0 amide bonds. The molecule has 10 rings (SSSR count). The van der Waals surface area contributed by atoms with Crippen LogP contribution in [0.4, 0.5) is 9.59 Å². The van der Waals surface area contributed by atoms with E-state index in [2.05, 4.69) is 48.5 Å². The maximum atomic E-state index is 13.4. The zero-order valence-corrected chi connectivity index (χ0v) is 34.2. The number of para-hydroxylation sites is 2. The second-order valence-corrected chi connectivity index (χ2v) is 18.4. The van der Waals surface area contributed by atoms with Gasteiger partial charge in [-0.2, -0.15) is 0 Å². The van der Waals surface area contributed by atoms with Gasteiger partial charge in [-0.15, -0.1) is 22.7 Å². The normalized spacial score (nSPS) is 12.4. The van der Waals surface area contributed by atoms with Crippen LogP contribution in [0.25, 0.3) is 96.8 Å². The molecule has 0 aliphatic rings. The van der Waals surface area contributed by atoms with E-state index in [1.165, 1.54) is 9.13 Å². The Bertz CT molecular complexity index is 3100. The second kappa shape index (κ2) is 13.0. The van der Waals surface area contributed by atoms with Crippen LogP contribution in [0.15, 0.2) is 109 Å². The number of ether oxygens (including phenoxy) is 2. The summed E-state index contributed by atoms with van der Waals surface area (Å²) in [5, 5.41) is 1.68. The van der Waals surface area contributed by atoms with E-state index in [-0.39, 0.29) is 0 Å². The number of fused-ring (bicyclic) bond motifs is 8. The fraction of sp³-hybridized carbons (Fsp3) is 0.174. The number of rotatable bonds is 3. The molecule has 6 heterocycles. The summed E-state index contributed by atoms with van der Waals surface area (Å²) < 4.78 is 14.6. The zero-order valence-electron chi connectivity index (χ0n) is 32.5. The summed E-state index contributed by atoms with van der Waals surface area (Å²) in [6.45, 7) is 11.1. The highest BCUT2D eigenvalue weighted by Crippen LogP contribution is 2.42. The number of nitrogens with zero attached hydrogens (tertiary/aromatic N) is 6. The highest BCUT2D eigenvalue weighted by Gasteiger charge is 2.26. The number of aromatic nitrogens is 6. The standard InChI is InChI=1S/C46H36N6O4S2/c1-45(2,3)55-43(53)51-33-13-9-7-11-27(33)39-41(51)49-29-17-15-25(23-31(29)47-39)35-19-21-37(57-35)38-22-20-36(58-38)26-16-18-30-32(24-26)48-40-28-12-8-10-14-34(28)52(42(40)50-30)44(54)56-46(4,5)6/h7-24H,1-6H3. The Morgan fingerprint density at radius 2 is 0.879 bits per heavy atom. The molecule has 0 fully saturated rings. The molecule has 286 valence electrons. The number of hydrogen-bond donors (Lipinski definition) is 0. The van der Waals surface area contributed by atoms with E-state index in [9.17, 15) is 9.59 Å². The minimum absolute atomic E-state index is 0.472. The van der Waals surface area contributed by atoms with Gasteiger partial charge in [0.1, 0.15) is 22.2 Å². The molecule has 0 spiro atoms. The van der Waals surface area contributed by atoms with Gasteiger partial charge in [-0.05, 0) is 113 Å². The van der Waals surface area contributed by atoms with E-state index in [1.54, 1.807) is 22.7 Å². The Hall–Kier alpha value is -6.50. The molecule has 0 unspecified atom stereocenters. The van der Waals surface area contributed by atoms with Gasteiger partial charge < -0.3 is 9.47 Å². The predicted molar refractivity (Wildman–Crippen MR) is 234 cm³/mol. The topological polar surface area (TPSA) is 114 Å². The van der Waals surface area contributed by atoms with Crippen molar-refractivity contribution < 1.29 is 19.1 Å². The van der Waals surface area contributed by atoms with Crippen molar-refractivity contribution in [2.75, 3.05) is 0 Å². The molecule has 0 saturated heterocycles. The van der Waals surface area contributed by atoms with Crippen LogP contribution < -0.4 is 0 Å². The van der Waals surface area contributed by atoms with E-state index in [4.69, 9.17) is 29.4 Å². The maximum absolute atomic E-state index is 13.4. The van der Waals surface area contributed by atoms with Gasteiger partial charge >= 0.3 is 12.2 Å². The summed E-state index contributed by atoms with van der Waals surface area (Å²) in [6, 6.07) is 36.1. The van der Waals surface area contributed by atoms with Gasteiger partial charge in [0.2, 0.25) is 0 Å². The van der Waals surface area contributed by atoms with Gasteiger partial charge in [0, 0.05) is 30.3 Å². The minimum atomic E-state index is -0.659. The van der Waals surface area contributed by atoms with Crippen LogP contribution in [0.1, 0.15) is 41.5 Å². The SMILES string of the molecule is CC(C)(C)OC(=O)n1c2ccccc2c2nc3cc(-c4ccc(-c5ccc(-c6ccc7nc8c(nc7c6)c6ccccc6n8C(=O)OC(C)(C)C)s5)s4)ccc3nc21. The molecule has 0 saturated carbocycles. The van der Waals surface area contributed by atoms with Crippen molar-refractivity contribution in [2.45, 2.75) is 52.7 Å². The van der Waals surface area contributed by atoms with Crippen LogP contribution in [0.2, 0.25) is 0 Å². The third kappa shape index (κ3) is 6.16. The quantitative estimate of drug-likeness (QED) is 0.173. The first-order valence-corrected chi connectivity index (χ1v) is 20.5. The Labute approximate surface area is 340 Å². The molecular formula is C46H36N6O4S2. The first kappa shape index (κ1) is 35.9. The summed E-state index contributed by atoms with van der Waals surface area (Å²) in [7, 11) is 0. The zero-order chi connectivity index (χ0) is 40.1. The van der Waals surface area contributed by atoms with Crippen molar-refractivity contribution in [3.63, 3.8) is 0 Å². The third-order valence-corrected chi connectivity index (χ3v) is 12.2. The molecule has 12 heteroatoms. The number of carbonyl (C=O) groups excluding carboxylic acids is 2. The van der Waals surface area contributed by atoms with Crippen molar-refractivity contribution in [1.29, 1.82) is 0 Å². The Morgan fingerprint density at radius 3 is 1.29 bits per heavy atom. The van der Waals surface area contributed by atoms with Crippen LogP contribution in [0.3, 0.4) is 0 Å². The molecule has 0 aliphatic heterocycles. The molecule has 0 N–H and O–H groups in total. The molecule has 0 radical (unpaired) electrons. The summed E-state index contributed by atoms with van der Waals surface area (Å²) in [6.07, 6.45) is -0.966. The third-order valence-electron chi connectivity index (χ3n) is 9.69. The minimum Gasteiger partial charge on any atom is -0.443 e. The van der Waals surface area contributed by atoms with E-state index in [0.29, 0.717) is 44.4 Å². The summed E-state index contributed by atoms with van der Waals surface area (Å²) in [4.78, 5) is 51.2. The highest BCUT2D eigenvalue weighted by atomic mass is 32.1. The van der Waals surface area contributed by atoms with Crippen LogP contribution >= 0.6 is 22.7 Å². The average Bonchev–Trinajstić information content (AvgIpc) is 3.98. The lowest BCUT2D eigenvalue weighted by Gasteiger charge is -2.20. The largest absolute Gasteiger partial charge is 0.443 e. The Morgan fingerprint density at radius 1 is 0.483 bits per heavy atom. The lowest BCUT2D eigenvalue weighted by atomic mass is 10.1. The van der Waals surface area contributed by atoms with Crippen molar-refractivity contribution in [3.05, 3.63) is 109 Å². The van der Waals surface area contributed by atoms with Gasteiger partial charge in [-0.3, -0.25) is 0 Å². The van der Waals surface area contributed by atoms with E-state index < -0.39 is 23.4 Å². The van der Waals surface area contributed by atoms with Gasteiger partial charge in [0.05, 0.1) is 33.1 Å². The molecule has 58 heavy (non-hydrogen) atoms. The van der Waals surface area contributed by atoms with Gasteiger partial charge in [-0.25, -0.2) is 38.7 Å². The average molecular weight is 801 g/mol. The van der Waals surface area contributed by atoms with Gasteiger partial charge in [-0.1, -0.05) is 48.5 Å². The summed E-state index contributed by atoms with van der Waals surface area (Å²) in [5.74, 6) is 0. The summed E-state index contributed by atoms with van der Waals surface area (Å²) in [5.41, 5.74) is 7.31. The molecule has 10 nitrogen and oxygen atoms in total. The second-order valence-electron chi connectivity index (χ2n) is 16.2. The molecule has 4 aromatic carbocycles. The number of benzene rings is 4. The van der Waals surface area contributed by atoms with E-state index >= 15 is 0 Å². The van der Waals surface area contributed by atoms with Crippen LogP contribution in [0.5, 0.6) is 0 Å². The van der Waals surface area contributed by atoms with Crippen molar-refractivity contribution in [2.24, 2.45) is 0 Å². The van der Waals surface area contributed by atoms with Crippen molar-refractivity contribution in [1.82, 2.24) is 29.1 Å². The number of carbonyl (C=O) groups is 2. The van der Waals surface area contributed by atoms with Crippen molar-refractivity contribution in [3.8, 4) is 30.6 Å². The first-order valence-electron chi connectivity index (χ1n) is 18.9. The molecular weight excluding hydrogens is 765 g/mol. The lowest BCUT2D eigenvalue weighted by molar-refractivity contribution is 0.0539. The molecule has 0 aliphatic carbocycles. The van der Waals surface area contributed by atoms with Gasteiger partial charge in [0.25, 0.3) is 0 Å². The van der Waals surface area contributed by atoms with E-state index in [0.717, 1.165) is 52.4 Å².